The maximum absolute atomic E-state index is 13.7. The number of carbonyl (C=O) groups excluding carboxylic acids is 2. The van der Waals surface area contributed by atoms with Crippen molar-refractivity contribution in [1.82, 2.24) is 14.7 Å². The van der Waals surface area contributed by atoms with Crippen LogP contribution in [0.2, 0.25) is 0 Å². The maximum atomic E-state index is 13.7. The third-order valence-electron chi connectivity index (χ3n) is 5.93. The molecule has 0 radical (unpaired) electrons. The first-order valence-corrected chi connectivity index (χ1v) is 11.3. The standard InChI is InChI=1S/C26H28N4O3/c1-6-18-12-14-28(15-13-18)23-21(24(31)29(17(4)5)26(23)33)20-22(16(2)3)27-30(25(20)32)19-10-8-7-9-11-19/h7-17H,6H2,1-5H3/p+1. The number of H-pyrrole nitrogens is 1. The second-order valence-corrected chi connectivity index (χ2v) is 8.80. The van der Waals surface area contributed by atoms with Gasteiger partial charge in [-0.15, -0.1) is 0 Å². The lowest BCUT2D eigenvalue weighted by atomic mass is 9.98. The number of rotatable bonds is 6. The van der Waals surface area contributed by atoms with E-state index >= 15 is 0 Å². The van der Waals surface area contributed by atoms with E-state index in [1.54, 1.807) is 30.8 Å². The molecular weight excluding hydrogens is 416 g/mol. The van der Waals surface area contributed by atoms with Crippen LogP contribution in [0.1, 0.15) is 57.4 Å². The van der Waals surface area contributed by atoms with E-state index in [1.807, 2.05) is 56.3 Å². The van der Waals surface area contributed by atoms with Crippen LogP contribution in [0.15, 0.2) is 59.7 Å². The molecule has 1 aromatic carbocycles. The van der Waals surface area contributed by atoms with Crippen LogP contribution in [-0.4, -0.2) is 32.5 Å². The number of hydrogen-bond acceptors (Lipinski definition) is 3. The molecule has 0 spiro atoms. The van der Waals surface area contributed by atoms with Crippen LogP contribution in [0.5, 0.6) is 0 Å². The maximum Gasteiger partial charge on any atom is 0.327 e. The summed E-state index contributed by atoms with van der Waals surface area (Å²) in [5, 5.41) is 3.19. The Morgan fingerprint density at radius 3 is 2.09 bits per heavy atom. The molecule has 0 unspecified atom stereocenters. The van der Waals surface area contributed by atoms with Gasteiger partial charge in [0.15, 0.2) is 12.4 Å². The Labute approximate surface area is 193 Å². The van der Waals surface area contributed by atoms with Gasteiger partial charge in [0.2, 0.25) is 0 Å². The zero-order valence-electron chi connectivity index (χ0n) is 19.6. The number of pyridine rings is 1. The molecule has 2 aromatic heterocycles. The van der Waals surface area contributed by atoms with Gasteiger partial charge in [-0.1, -0.05) is 39.0 Å². The molecule has 0 atom stereocenters. The minimum absolute atomic E-state index is 0.0742. The van der Waals surface area contributed by atoms with Crippen LogP contribution < -0.4 is 10.1 Å². The monoisotopic (exact) mass is 445 g/mol. The molecule has 0 saturated heterocycles. The van der Waals surface area contributed by atoms with E-state index in [2.05, 4.69) is 12.0 Å². The van der Waals surface area contributed by atoms with E-state index in [0.717, 1.165) is 12.0 Å². The summed E-state index contributed by atoms with van der Waals surface area (Å²) in [6.45, 7) is 9.55. The fourth-order valence-corrected chi connectivity index (χ4v) is 4.18. The summed E-state index contributed by atoms with van der Waals surface area (Å²) in [6.07, 6.45) is 4.41. The predicted molar refractivity (Wildman–Crippen MR) is 127 cm³/mol. The zero-order valence-corrected chi connectivity index (χ0v) is 19.6. The van der Waals surface area contributed by atoms with Crippen molar-refractivity contribution in [1.29, 1.82) is 0 Å². The number of aryl methyl sites for hydroxylation is 1. The van der Waals surface area contributed by atoms with Crippen molar-refractivity contribution < 1.29 is 14.2 Å². The van der Waals surface area contributed by atoms with E-state index in [1.165, 1.54) is 9.58 Å². The highest BCUT2D eigenvalue weighted by molar-refractivity contribution is 6.44. The third kappa shape index (κ3) is 3.73. The summed E-state index contributed by atoms with van der Waals surface area (Å²) >= 11 is 0. The average molecular weight is 446 g/mol. The number of aromatic amines is 1. The molecule has 0 bridgehead atoms. The smallest absolute Gasteiger partial charge is 0.294 e. The fourth-order valence-electron chi connectivity index (χ4n) is 4.18. The Morgan fingerprint density at radius 2 is 1.55 bits per heavy atom. The first kappa shape index (κ1) is 22.5. The average Bonchev–Trinajstić information content (AvgIpc) is 3.27. The van der Waals surface area contributed by atoms with Crippen molar-refractivity contribution in [3.05, 3.63) is 82.0 Å². The number of nitrogens with zero attached hydrogens (tertiary/aromatic N) is 3. The molecule has 1 N–H and O–H groups in total. The Morgan fingerprint density at radius 1 is 0.909 bits per heavy atom. The number of benzene rings is 1. The molecular formula is C26H29N4O3+. The second kappa shape index (κ2) is 8.65. The van der Waals surface area contributed by atoms with Gasteiger partial charge in [0.25, 0.3) is 17.2 Å². The number of imide groups is 1. The van der Waals surface area contributed by atoms with Crippen LogP contribution in [0.25, 0.3) is 17.0 Å². The van der Waals surface area contributed by atoms with Crippen molar-refractivity contribution in [2.45, 2.75) is 53.0 Å². The fraction of sp³-hybridized carbons (Fsp3) is 0.308. The summed E-state index contributed by atoms with van der Waals surface area (Å²) < 4.78 is 3.09. The highest BCUT2D eigenvalue weighted by Crippen LogP contribution is 2.33. The molecule has 7 heteroatoms. The summed E-state index contributed by atoms with van der Waals surface area (Å²) in [4.78, 5) is 42.0. The summed E-state index contributed by atoms with van der Waals surface area (Å²) in [7, 11) is 0. The molecule has 33 heavy (non-hydrogen) atoms. The molecule has 4 rings (SSSR count). The number of para-hydroxylation sites is 1. The van der Waals surface area contributed by atoms with Crippen molar-refractivity contribution in [3.8, 4) is 5.69 Å². The number of carbonyl (C=O) groups is 2. The van der Waals surface area contributed by atoms with E-state index in [0.29, 0.717) is 11.4 Å². The highest BCUT2D eigenvalue weighted by atomic mass is 16.2. The Bertz CT molecular complexity index is 1300. The van der Waals surface area contributed by atoms with Gasteiger partial charge in [-0.2, -0.15) is 4.57 Å². The van der Waals surface area contributed by atoms with Gasteiger partial charge in [0, 0.05) is 23.9 Å². The zero-order chi connectivity index (χ0) is 23.9. The molecule has 0 saturated carbocycles. The molecule has 0 aliphatic carbocycles. The Kier molecular flexibility index (Phi) is 5.89. The Hall–Kier alpha value is -3.74. The molecule has 7 nitrogen and oxygen atoms in total. The number of amides is 2. The molecule has 3 heterocycles. The quantitative estimate of drug-likeness (QED) is 0.467. The summed E-state index contributed by atoms with van der Waals surface area (Å²) in [5.74, 6) is -0.925. The van der Waals surface area contributed by atoms with Crippen LogP contribution in [0.3, 0.4) is 0 Å². The van der Waals surface area contributed by atoms with Gasteiger partial charge < -0.3 is 0 Å². The minimum Gasteiger partial charge on any atom is -0.294 e. The van der Waals surface area contributed by atoms with E-state index in [9.17, 15) is 14.4 Å². The largest absolute Gasteiger partial charge is 0.327 e. The van der Waals surface area contributed by atoms with Gasteiger partial charge in [-0.3, -0.25) is 24.4 Å². The topological polar surface area (TPSA) is 79.1 Å². The summed E-state index contributed by atoms with van der Waals surface area (Å²) in [6, 6.07) is 12.7. The lowest BCUT2D eigenvalue weighted by molar-refractivity contribution is -0.577. The Balaban J connectivity index is 2.03. The molecule has 3 aromatic rings. The van der Waals surface area contributed by atoms with E-state index in [-0.39, 0.29) is 34.4 Å². The normalized spacial score (nSPS) is 14.3. The number of hydrogen-bond donors (Lipinski definition) is 1. The van der Waals surface area contributed by atoms with Crippen LogP contribution in [0.4, 0.5) is 0 Å². The van der Waals surface area contributed by atoms with Gasteiger partial charge in [-0.25, -0.2) is 4.68 Å². The third-order valence-corrected chi connectivity index (χ3v) is 5.93. The molecule has 2 amide bonds. The molecule has 1 aliphatic rings. The SMILES string of the molecule is CCc1cc[n+](C2=C(c3c(C(C)C)[nH]n(-c4ccccc4)c3=O)C(=O)N(C(C)C)C2=O)cc1. The van der Waals surface area contributed by atoms with Crippen LogP contribution in [-0.2, 0) is 16.0 Å². The number of aromatic nitrogens is 3. The first-order chi connectivity index (χ1) is 15.8. The highest BCUT2D eigenvalue weighted by Gasteiger charge is 2.48. The molecule has 0 fully saturated rings. The van der Waals surface area contributed by atoms with Gasteiger partial charge >= 0.3 is 5.91 Å². The number of nitrogens with one attached hydrogen (secondary N) is 1. The van der Waals surface area contributed by atoms with Gasteiger partial charge in [0.1, 0.15) is 5.57 Å². The first-order valence-electron chi connectivity index (χ1n) is 11.3. The lowest BCUT2D eigenvalue weighted by Gasteiger charge is -2.17. The molecule has 170 valence electrons. The molecule has 1 aliphatic heterocycles. The van der Waals surface area contributed by atoms with Gasteiger partial charge in [-0.05, 0) is 43.9 Å². The minimum atomic E-state index is -0.449. The second-order valence-electron chi connectivity index (χ2n) is 8.80. The van der Waals surface area contributed by atoms with Crippen LogP contribution >= 0.6 is 0 Å². The lowest BCUT2D eigenvalue weighted by Crippen LogP contribution is -2.42. The van der Waals surface area contributed by atoms with Crippen molar-refractivity contribution in [2.24, 2.45) is 0 Å². The van der Waals surface area contributed by atoms with E-state index in [4.69, 9.17) is 0 Å². The van der Waals surface area contributed by atoms with Gasteiger partial charge in [0.05, 0.1) is 11.3 Å². The van der Waals surface area contributed by atoms with Crippen molar-refractivity contribution in [2.75, 3.05) is 0 Å². The van der Waals surface area contributed by atoms with Crippen molar-refractivity contribution >= 4 is 23.1 Å². The van der Waals surface area contributed by atoms with Crippen LogP contribution in [0, 0.1) is 0 Å². The van der Waals surface area contributed by atoms with Crippen molar-refractivity contribution in [3.63, 3.8) is 0 Å². The predicted octanol–water partition coefficient (Wildman–Crippen LogP) is 3.28. The summed E-state index contributed by atoms with van der Waals surface area (Å²) in [5.41, 5.74) is 2.63. The van der Waals surface area contributed by atoms with E-state index < -0.39 is 11.8 Å².